The summed E-state index contributed by atoms with van der Waals surface area (Å²) < 4.78 is 67.0. The molecule has 0 aromatic heterocycles. The van der Waals surface area contributed by atoms with Gasteiger partial charge in [-0.25, -0.2) is 16.8 Å². The van der Waals surface area contributed by atoms with E-state index in [9.17, 15) is 21.6 Å². The van der Waals surface area contributed by atoms with E-state index in [1.165, 1.54) is 34.6 Å². The van der Waals surface area contributed by atoms with Crippen LogP contribution >= 0.6 is 0 Å². The van der Waals surface area contributed by atoms with Crippen molar-refractivity contribution in [3.8, 4) is 0 Å². The quantitative estimate of drug-likeness (QED) is 0.403. The maximum absolute atomic E-state index is 13.3. The third kappa shape index (κ3) is 6.71. The van der Waals surface area contributed by atoms with Gasteiger partial charge in [-0.2, -0.15) is 4.31 Å². The zero-order valence-electron chi connectivity index (χ0n) is 22.6. The predicted octanol–water partition coefficient (Wildman–Crippen LogP) is 2.91. The van der Waals surface area contributed by atoms with Gasteiger partial charge in [0.2, 0.25) is 10.0 Å². The Morgan fingerprint density at radius 1 is 0.756 bits per heavy atom. The Bertz CT molecular complexity index is 1600. The molecule has 2 aliphatic heterocycles. The van der Waals surface area contributed by atoms with Crippen molar-refractivity contribution in [1.29, 1.82) is 0 Å². The van der Waals surface area contributed by atoms with Gasteiger partial charge in [0.05, 0.1) is 47.6 Å². The largest absolute Gasteiger partial charge is 0.379 e. The lowest BCUT2D eigenvalue weighted by Crippen LogP contribution is -2.40. The molecule has 0 aliphatic carbocycles. The van der Waals surface area contributed by atoms with Crippen molar-refractivity contribution in [1.82, 2.24) is 4.31 Å². The third-order valence-corrected chi connectivity index (χ3v) is 10.2. The molecule has 0 atom stereocenters. The van der Waals surface area contributed by atoms with Crippen LogP contribution in [0.4, 0.5) is 17.1 Å². The van der Waals surface area contributed by atoms with E-state index in [4.69, 9.17) is 9.47 Å². The van der Waals surface area contributed by atoms with Crippen LogP contribution in [0, 0.1) is 6.92 Å². The molecule has 41 heavy (non-hydrogen) atoms. The number of rotatable bonds is 8. The molecule has 3 aromatic rings. The van der Waals surface area contributed by atoms with Crippen molar-refractivity contribution in [3.63, 3.8) is 0 Å². The van der Waals surface area contributed by atoms with Gasteiger partial charge >= 0.3 is 0 Å². The number of benzene rings is 3. The van der Waals surface area contributed by atoms with Gasteiger partial charge in [-0.05, 0) is 61.5 Å². The van der Waals surface area contributed by atoms with Crippen molar-refractivity contribution < 1.29 is 31.1 Å². The average Bonchev–Trinajstić information content (AvgIpc) is 2.99. The standard InChI is InChI=1S/C28H32N4O7S2/c1-21-2-6-23(7-3-21)30-40(34,35)24-8-4-22(5-9-24)28(33)29-26-20-25(41(36,37)32-14-18-39-19-15-32)10-11-27(26)31-12-16-38-17-13-31/h2-11,20,30H,12-19H2,1H3,(H,29,33). The molecule has 0 spiro atoms. The van der Waals surface area contributed by atoms with Gasteiger partial charge in [-0.1, -0.05) is 17.7 Å². The lowest BCUT2D eigenvalue weighted by Gasteiger charge is -2.31. The molecule has 0 radical (unpaired) electrons. The number of nitrogens with one attached hydrogen (secondary N) is 2. The van der Waals surface area contributed by atoms with E-state index in [0.717, 1.165) is 5.56 Å². The smallest absolute Gasteiger partial charge is 0.261 e. The van der Waals surface area contributed by atoms with Crippen LogP contribution < -0.4 is 14.9 Å². The number of hydrogen-bond donors (Lipinski definition) is 2. The first-order valence-corrected chi connectivity index (χ1v) is 16.1. The first kappa shape index (κ1) is 29.0. The molecule has 13 heteroatoms. The van der Waals surface area contributed by atoms with Crippen LogP contribution in [-0.4, -0.2) is 79.7 Å². The molecule has 3 aromatic carbocycles. The number of carbonyl (C=O) groups excluding carboxylic acids is 1. The fourth-order valence-corrected chi connectivity index (χ4v) is 7.10. The van der Waals surface area contributed by atoms with Gasteiger partial charge in [0.25, 0.3) is 15.9 Å². The maximum atomic E-state index is 13.3. The predicted molar refractivity (Wildman–Crippen MR) is 155 cm³/mol. The van der Waals surface area contributed by atoms with Gasteiger partial charge in [0.15, 0.2) is 0 Å². The van der Waals surface area contributed by atoms with Crippen LogP contribution in [0.1, 0.15) is 15.9 Å². The van der Waals surface area contributed by atoms with E-state index in [1.54, 1.807) is 36.4 Å². The average molecular weight is 601 g/mol. The molecule has 2 heterocycles. The summed E-state index contributed by atoms with van der Waals surface area (Å²) in [6.07, 6.45) is 0. The molecule has 2 fully saturated rings. The van der Waals surface area contributed by atoms with Crippen LogP contribution in [-0.2, 0) is 29.5 Å². The van der Waals surface area contributed by atoms with Crippen LogP contribution in [0.2, 0.25) is 0 Å². The first-order chi connectivity index (χ1) is 19.6. The van der Waals surface area contributed by atoms with Crippen LogP contribution in [0.5, 0.6) is 0 Å². The second kappa shape index (κ2) is 12.2. The second-order valence-electron chi connectivity index (χ2n) is 9.74. The van der Waals surface area contributed by atoms with E-state index >= 15 is 0 Å². The third-order valence-electron chi connectivity index (χ3n) is 6.91. The summed E-state index contributed by atoms with van der Waals surface area (Å²) in [6.45, 7) is 5.24. The zero-order chi connectivity index (χ0) is 29.0. The summed E-state index contributed by atoms with van der Waals surface area (Å²) in [6, 6.07) is 17.2. The van der Waals surface area contributed by atoms with E-state index in [-0.39, 0.29) is 28.4 Å². The number of sulfonamides is 2. The zero-order valence-corrected chi connectivity index (χ0v) is 24.2. The molecular formula is C28H32N4O7S2. The highest BCUT2D eigenvalue weighted by atomic mass is 32.2. The number of carbonyl (C=O) groups is 1. The number of hydrogen-bond acceptors (Lipinski definition) is 8. The van der Waals surface area contributed by atoms with E-state index in [0.29, 0.717) is 56.6 Å². The summed E-state index contributed by atoms with van der Waals surface area (Å²) in [5, 5.41) is 2.85. The Hall–Kier alpha value is -3.49. The number of aryl methyl sites for hydroxylation is 1. The Balaban J connectivity index is 1.39. The van der Waals surface area contributed by atoms with E-state index < -0.39 is 26.0 Å². The van der Waals surface area contributed by atoms with Crippen molar-refractivity contribution >= 4 is 43.0 Å². The Labute approximate surface area is 240 Å². The molecule has 5 rings (SSSR count). The fraction of sp³-hybridized carbons (Fsp3) is 0.321. The summed E-state index contributed by atoms with van der Waals surface area (Å²) in [5.74, 6) is -0.504. The molecule has 2 N–H and O–H groups in total. The second-order valence-corrected chi connectivity index (χ2v) is 13.4. The maximum Gasteiger partial charge on any atom is 0.261 e. The minimum atomic E-state index is -3.86. The molecule has 11 nitrogen and oxygen atoms in total. The Morgan fingerprint density at radius 2 is 1.34 bits per heavy atom. The fourth-order valence-electron chi connectivity index (χ4n) is 4.61. The molecule has 2 aliphatic rings. The van der Waals surface area contributed by atoms with E-state index in [1.807, 2.05) is 11.8 Å². The van der Waals surface area contributed by atoms with Crippen LogP contribution in [0.15, 0.2) is 76.5 Å². The molecule has 0 unspecified atom stereocenters. The monoisotopic (exact) mass is 600 g/mol. The van der Waals surface area contributed by atoms with Crippen molar-refractivity contribution in [2.75, 3.05) is 67.5 Å². The summed E-state index contributed by atoms with van der Waals surface area (Å²) in [4.78, 5) is 15.4. The summed E-state index contributed by atoms with van der Waals surface area (Å²) >= 11 is 0. The van der Waals surface area contributed by atoms with Gasteiger partial charge in [-0.3, -0.25) is 9.52 Å². The van der Waals surface area contributed by atoms with Crippen molar-refractivity contribution in [2.45, 2.75) is 16.7 Å². The topological polar surface area (TPSA) is 134 Å². The molecule has 218 valence electrons. The number of morpholine rings is 2. The van der Waals surface area contributed by atoms with Gasteiger partial charge in [-0.15, -0.1) is 0 Å². The van der Waals surface area contributed by atoms with E-state index in [2.05, 4.69) is 10.0 Å². The molecule has 0 bridgehead atoms. The van der Waals surface area contributed by atoms with Crippen LogP contribution in [0.25, 0.3) is 0 Å². The van der Waals surface area contributed by atoms with Gasteiger partial charge in [0, 0.05) is 37.4 Å². The number of anilines is 3. The molecule has 0 saturated carbocycles. The van der Waals surface area contributed by atoms with Crippen molar-refractivity contribution in [2.24, 2.45) is 0 Å². The van der Waals surface area contributed by atoms with Crippen LogP contribution in [0.3, 0.4) is 0 Å². The molecular weight excluding hydrogens is 568 g/mol. The highest BCUT2D eigenvalue weighted by molar-refractivity contribution is 7.92. The number of amides is 1. The SMILES string of the molecule is Cc1ccc(NS(=O)(=O)c2ccc(C(=O)Nc3cc(S(=O)(=O)N4CCOCC4)ccc3N3CCOCC3)cc2)cc1. The number of ether oxygens (including phenoxy) is 2. The Morgan fingerprint density at radius 3 is 1.98 bits per heavy atom. The van der Waals surface area contributed by atoms with Crippen molar-refractivity contribution in [3.05, 3.63) is 77.9 Å². The number of nitrogens with zero attached hydrogens (tertiary/aromatic N) is 2. The highest BCUT2D eigenvalue weighted by Gasteiger charge is 2.28. The minimum Gasteiger partial charge on any atom is -0.379 e. The van der Waals surface area contributed by atoms with Gasteiger partial charge in [0.1, 0.15) is 0 Å². The minimum absolute atomic E-state index is 0.00207. The van der Waals surface area contributed by atoms with Gasteiger partial charge < -0.3 is 19.7 Å². The normalized spacial score (nSPS) is 16.8. The summed E-state index contributed by atoms with van der Waals surface area (Å²) in [7, 11) is -7.66. The summed E-state index contributed by atoms with van der Waals surface area (Å²) in [5.41, 5.74) is 2.66. The molecule has 2 saturated heterocycles. The Kier molecular flexibility index (Phi) is 8.61. The highest BCUT2D eigenvalue weighted by Crippen LogP contribution is 2.32. The lowest BCUT2D eigenvalue weighted by atomic mass is 10.2. The lowest BCUT2D eigenvalue weighted by molar-refractivity contribution is 0.0730. The molecule has 1 amide bonds. The first-order valence-electron chi connectivity index (χ1n) is 13.2.